The quantitative estimate of drug-likeness (QED) is 0.321. The molecule has 0 amide bonds. The molecule has 0 aliphatic heterocycles. The summed E-state index contributed by atoms with van der Waals surface area (Å²) >= 11 is 0. The van der Waals surface area contributed by atoms with Crippen LogP contribution in [-0.4, -0.2) is 40.8 Å². The number of hydrogen-bond acceptors (Lipinski definition) is 4. The van der Waals surface area contributed by atoms with Gasteiger partial charge in [0.2, 0.25) is 10.0 Å². The molecule has 0 spiro atoms. The van der Waals surface area contributed by atoms with Crippen LogP contribution in [0.25, 0.3) is 11.8 Å². The molecule has 2 fully saturated rings. The van der Waals surface area contributed by atoms with Gasteiger partial charge in [-0.1, -0.05) is 24.6 Å². The van der Waals surface area contributed by atoms with Gasteiger partial charge in [0.05, 0.1) is 28.7 Å². The van der Waals surface area contributed by atoms with E-state index in [1.54, 1.807) is 29.1 Å². The third-order valence-corrected chi connectivity index (χ3v) is 10.6. The van der Waals surface area contributed by atoms with Crippen LogP contribution in [0.2, 0.25) is 0 Å². The molecule has 3 aliphatic rings. The van der Waals surface area contributed by atoms with E-state index in [1.165, 1.54) is 24.3 Å². The summed E-state index contributed by atoms with van der Waals surface area (Å²) < 4.78 is 95.7. The van der Waals surface area contributed by atoms with Crippen LogP contribution in [0.1, 0.15) is 61.4 Å². The predicted molar refractivity (Wildman–Crippen MR) is 146 cm³/mol. The van der Waals surface area contributed by atoms with Crippen LogP contribution in [0.15, 0.2) is 54.2 Å². The van der Waals surface area contributed by atoms with Crippen molar-refractivity contribution < 1.29 is 35.5 Å². The minimum Gasteiger partial charge on any atom is -0.389 e. The number of alkyl halides is 3. The molecule has 0 radical (unpaired) electrons. The van der Waals surface area contributed by atoms with Gasteiger partial charge < -0.3 is 5.11 Å². The zero-order valence-electron chi connectivity index (χ0n) is 22.8. The predicted octanol–water partition coefficient (Wildman–Crippen LogP) is 5.72. The van der Waals surface area contributed by atoms with E-state index in [2.05, 4.69) is 9.82 Å². The Morgan fingerprint density at radius 1 is 1.07 bits per heavy atom. The van der Waals surface area contributed by atoms with Crippen molar-refractivity contribution in [1.29, 1.82) is 0 Å². The van der Waals surface area contributed by atoms with Crippen molar-refractivity contribution in [3.63, 3.8) is 0 Å². The zero-order chi connectivity index (χ0) is 30.1. The van der Waals surface area contributed by atoms with E-state index in [1.807, 2.05) is 13.0 Å². The maximum absolute atomic E-state index is 15.2. The summed E-state index contributed by atoms with van der Waals surface area (Å²) in [5.41, 5.74) is 0.791. The summed E-state index contributed by atoms with van der Waals surface area (Å²) in [6.07, 6.45) is 1.21. The van der Waals surface area contributed by atoms with Gasteiger partial charge in [-0.25, -0.2) is 26.6 Å². The number of nitrogens with zero attached hydrogens (tertiary/aromatic N) is 2. The number of nitrogens with one attached hydrogen (secondary N) is 1. The fourth-order valence-corrected chi connectivity index (χ4v) is 8.25. The number of fused-ring (bicyclic) bond motifs is 2. The summed E-state index contributed by atoms with van der Waals surface area (Å²) in [4.78, 5) is 0. The lowest BCUT2D eigenvalue weighted by Crippen LogP contribution is -2.45. The highest BCUT2D eigenvalue weighted by atomic mass is 32.2. The first-order valence-corrected chi connectivity index (χ1v) is 15.4. The van der Waals surface area contributed by atoms with Crippen molar-refractivity contribution in [2.45, 2.75) is 69.2 Å². The lowest BCUT2D eigenvalue weighted by molar-refractivity contribution is -0.106. The molecule has 2 saturated carbocycles. The van der Waals surface area contributed by atoms with Crippen molar-refractivity contribution in [1.82, 2.24) is 14.5 Å². The standard InChI is InChI=1S/C30H30F5N3O3S/c1-27-16-20-17-36-38(23-7-5-22(31)6-8-23)25(20)15-21(27)10-12-29(27,39)11-9-19-3-2-4-24(32)26(19)28(13-14-28)37-42(40,41)18-30(33,34)35/h2-8,15,17,37,39H,9-14,16,18H2,1H3/t27-,29-/m0/s1. The fraction of sp³-hybridized carbons (Fsp3) is 0.433. The summed E-state index contributed by atoms with van der Waals surface area (Å²) in [5.74, 6) is -3.09. The molecule has 1 aromatic heterocycles. The maximum atomic E-state index is 15.2. The van der Waals surface area contributed by atoms with Gasteiger partial charge in [-0.2, -0.15) is 18.3 Å². The van der Waals surface area contributed by atoms with E-state index >= 15 is 4.39 Å². The Labute approximate surface area is 240 Å². The van der Waals surface area contributed by atoms with Gasteiger partial charge in [0.1, 0.15) is 11.6 Å². The molecule has 6 rings (SSSR count). The van der Waals surface area contributed by atoms with Crippen LogP contribution < -0.4 is 4.72 Å². The van der Waals surface area contributed by atoms with E-state index in [4.69, 9.17) is 0 Å². The van der Waals surface area contributed by atoms with Crippen LogP contribution in [-0.2, 0) is 28.4 Å². The number of aryl methyl sites for hydroxylation is 1. The van der Waals surface area contributed by atoms with Gasteiger partial charge in [-0.15, -0.1) is 0 Å². The molecule has 2 N–H and O–H groups in total. The minimum absolute atomic E-state index is 0.0461. The Hall–Kier alpha value is -3.09. The number of benzene rings is 2. The van der Waals surface area contributed by atoms with Crippen molar-refractivity contribution in [3.8, 4) is 5.69 Å². The molecule has 12 heteroatoms. The number of aromatic nitrogens is 2. The van der Waals surface area contributed by atoms with Crippen LogP contribution in [0, 0.1) is 17.0 Å². The monoisotopic (exact) mass is 607 g/mol. The largest absolute Gasteiger partial charge is 0.404 e. The van der Waals surface area contributed by atoms with Gasteiger partial charge in [-0.05, 0) is 92.5 Å². The number of halogens is 5. The van der Waals surface area contributed by atoms with E-state index in [0.29, 0.717) is 30.5 Å². The van der Waals surface area contributed by atoms with Crippen molar-refractivity contribution in [3.05, 3.63) is 88.3 Å². The van der Waals surface area contributed by atoms with Crippen LogP contribution >= 0.6 is 0 Å². The Bertz CT molecular complexity index is 1680. The number of sulfonamides is 1. The van der Waals surface area contributed by atoms with Crippen molar-refractivity contribution in [2.24, 2.45) is 5.41 Å². The number of hydrogen-bond donors (Lipinski definition) is 2. The highest BCUT2D eigenvalue weighted by molar-refractivity contribution is 7.89. The minimum atomic E-state index is -4.93. The molecule has 224 valence electrons. The lowest BCUT2D eigenvalue weighted by atomic mass is 9.65. The van der Waals surface area contributed by atoms with Crippen molar-refractivity contribution in [2.75, 3.05) is 5.75 Å². The Morgan fingerprint density at radius 2 is 1.79 bits per heavy atom. The first-order valence-electron chi connectivity index (χ1n) is 13.8. The first-order chi connectivity index (χ1) is 19.6. The van der Waals surface area contributed by atoms with Crippen LogP contribution in [0.3, 0.4) is 0 Å². The molecule has 3 aromatic rings. The molecule has 0 unspecified atom stereocenters. The molecular formula is C30H30F5N3O3S. The van der Waals surface area contributed by atoms with Gasteiger partial charge in [0.25, 0.3) is 0 Å². The average Bonchev–Trinajstić information content (AvgIpc) is 3.45. The van der Waals surface area contributed by atoms with Crippen molar-refractivity contribution >= 4 is 16.1 Å². The molecular weight excluding hydrogens is 577 g/mol. The number of rotatable bonds is 8. The zero-order valence-corrected chi connectivity index (χ0v) is 23.6. The van der Waals surface area contributed by atoms with Gasteiger partial charge in [-0.3, -0.25) is 0 Å². The average molecular weight is 608 g/mol. The second kappa shape index (κ2) is 9.72. The second-order valence-electron chi connectivity index (χ2n) is 12.0. The molecule has 2 aromatic carbocycles. The molecule has 42 heavy (non-hydrogen) atoms. The summed E-state index contributed by atoms with van der Waals surface area (Å²) in [6, 6.07) is 10.3. The molecule has 6 nitrogen and oxygen atoms in total. The van der Waals surface area contributed by atoms with E-state index in [9.17, 15) is 31.1 Å². The van der Waals surface area contributed by atoms with E-state index in [-0.39, 0.29) is 37.1 Å². The fourth-order valence-electron chi connectivity index (χ4n) is 6.85. The summed E-state index contributed by atoms with van der Waals surface area (Å²) in [7, 11) is -4.76. The second-order valence-corrected chi connectivity index (χ2v) is 13.7. The highest BCUT2D eigenvalue weighted by Gasteiger charge is 2.56. The summed E-state index contributed by atoms with van der Waals surface area (Å²) in [6.45, 7) is 1.99. The topological polar surface area (TPSA) is 84.2 Å². The molecule has 2 atom stereocenters. The smallest absolute Gasteiger partial charge is 0.389 e. The third-order valence-electron chi connectivity index (χ3n) is 9.20. The molecule has 1 heterocycles. The number of aliphatic hydroxyl groups is 1. The Morgan fingerprint density at radius 3 is 2.45 bits per heavy atom. The first kappa shape index (κ1) is 29.0. The summed E-state index contributed by atoms with van der Waals surface area (Å²) in [5, 5.41) is 16.5. The SMILES string of the molecule is C[C@]12Cc3cnn(-c4ccc(F)cc4)c3C=C1CC[C@@]2(O)CCc1cccc(F)c1C1(NS(=O)(=O)CC(F)(F)F)CC1. The molecule has 0 bridgehead atoms. The van der Waals surface area contributed by atoms with E-state index in [0.717, 1.165) is 16.8 Å². The maximum Gasteiger partial charge on any atom is 0.404 e. The third kappa shape index (κ3) is 5.07. The lowest BCUT2D eigenvalue weighted by Gasteiger charge is -2.42. The van der Waals surface area contributed by atoms with Crippen LogP contribution in [0.4, 0.5) is 22.0 Å². The molecule has 3 aliphatic carbocycles. The van der Waals surface area contributed by atoms with Crippen LogP contribution in [0.5, 0.6) is 0 Å². The van der Waals surface area contributed by atoms with E-state index < -0.39 is 44.3 Å². The molecule has 0 saturated heterocycles. The van der Waals surface area contributed by atoms with Gasteiger partial charge >= 0.3 is 6.18 Å². The van der Waals surface area contributed by atoms with Gasteiger partial charge in [0, 0.05) is 11.0 Å². The Balaban J connectivity index is 1.25. The Kier molecular flexibility index (Phi) is 6.71. The normalized spacial score (nSPS) is 24.7. The van der Waals surface area contributed by atoms with Gasteiger partial charge in [0.15, 0.2) is 5.75 Å². The highest BCUT2D eigenvalue weighted by Crippen LogP contribution is 2.57.